The molecule has 0 N–H and O–H groups in total. The number of aryl methyl sites for hydroxylation is 1. The lowest BCUT2D eigenvalue weighted by molar-refractivity contribution is -0.385. The van der Waals surface area contributed by atoms with E-state index in [-0.39, 0.29) is 11.6 Å². The molecule has 0 aliphatic heterocycles. The minimum absolute atomic E-state index is 0.0581. The van der Waals surface area contributed by atoms with Gasteiger partial charge < -0.3 is 0 Å². The van der Waals surface area contributed by atoms with Gasteiger partial charge in [-0.1, -0.05) is 19.1 Å². The summed E-state index contributed by atoms with van der Waals surface area (Å²) in [7, 11) is 0. The molecule has 1 aromatic rings. The second kappa shape index (κ2) is 4.17. The average molecular weight is 197 g/mol. The SMILES string of the molecule is Cc1ccc(C(C)CF)cc1[N+](=O)[O-]. The maximum Gasteiger partial charge on any atom is 0.272 e. The van der Waals surface area contributed by atoms with Crippen LogP contribution < -0.4 is 0 Å². The monoisotopic (exact) mass is 197 g/mol. The second-order valence-electron chi connectivity index (χ2n) is 3.36. The van der Waals surface area contributed by atoms with E-state index < -0.39 is 11.6 Å². The van der Waals surface area contributed by atoms with Gasteiger partial charge in [0.1, 0.15) is 0 Å². The van der Waals surface area contributed by atoms with E-state index in [9.17, 15) is 14.5 Å². The Hall–Kier alpha value is -1.45. The Morgan fingerprint density at radius 2 is 2.21 bits per heavy atom. The molecule has 0 radical (unpaired) electrons. The normalized spacial score (nSPS) is 12.5. The zero-order valence-electron chi connectivity index (χ0n) is 8.16. The van der Waals surface area contributed by atoms with Gasteiger partial charge in [-0.2, -0.15) is 0 Å². The number of hydrogen-bond acceptors (Lipinski definition) is 2. The highest BCUT2D eigenvalue weighted by molar-refractivity contribution is 5.43. The molecule has 0 aliphatic rings. The van der Waals surface area contributed by atoms with Crippen molar-refractivity contribution >= 4 is 5.69 Å². The number of benzene rings is 1. The van der Waals surface area contributed by atoms with E-state index in [1.54, 1.807) is 26.0 Å². The summed E-state index contributed by atoms with van der Waals surface area (Å²) < 4.78 is 12.3. The van der Waals surface area contributed by atoms with Crippen LogP contribution in [0, 0.1) is 17.0 Å². The summed E-state index contributed by atoms with van der Waals surface area (Å²) in [4.78, 5) is 10.2. The molecule has 76 valence electrons. The van der Waals surface area contributed by atoms with Crippen molar-refractivity contribution in [2.45, 2.75) is 19.8 Å². The highest BCUT2D eigenvalue weighted by Gasteiger charge is 2.13. The Bertz CT molecular complexity index is 352. The van der Waals surface area contributed by atoms with Crippen LogP contribution in [0.1, 0.15) is 24.0 Å². The first-order valence-electron chi connectivity index (χ1n) is 4.37. The molecule has 3 nitrogen and oxygen atoms in total. The lowest BCUT2D eigenvalue weighted by atomic mass is 10.0. The topological polar surface area (TPSA) is 43.1 Å². The van der Waals surface area contributed by atoms with Crippen LogP contribution in [0.3, 0.4) is 0 Å². The second-order valence-corrected chi connectivity index (χ2v) is 3.36. The Balaban J connectivity index is 3.12. The van der Waals surface area contributed by atoms with Gasteiger partial charge in [0.25, 0.3) is 5.69 Å². The van der Waals surface area contributed by atoms with E-state index in [1.807, 2.05) is 0 Å². The molecular formula is C10H12FNO2. The fourth-order valence-corrected chi connectivity index (χ4v) is 1.22. The highest BCUT2D eigenvalue weighted by atomic mass is 19.1. The predicted molar refractivity (Wildman–Crippen MR) is 52.2 cm³/mol. The molecule has 4 heteroatoms. The molecule has 0 aliphatic carbocycles. The Labute approximate surface area is 81.7 Å². The zero-order chi connectivity index (χ0) is 10.7. The van der Waals surface area contributed by atoms with Crippen molar-refractivity contribution in [1.82, 2.24) is 0 Å². The van der Waals surface area contributed by atoms with Gasteiger partial charge in [0.2, 0.25) is 0 Å². The Morgan fingerprint density at radius 3 is 2.71 bits per heavy atom. The summed E-state index contributed by atoms with van der Waals surface area (Å²) in [6.07, 6.45) is 0. The number of rotatable bonds is 3. The Kier molecular flexibility index (Phi) is 3.17. The molecular weight excluding hydrogens is 185 g/mol. The summed E-state index contributed by atoms with van der Waals surface area (Å²) in [5.41, 5.74) is 1.33. The molecule has 1 unspecified atom stereocenters. The van der Waals surface area contributed by atoms with Crippen molar-refractivity contribution in [3.05, 3.63) is 39.4 Å². The first-order chi connectivity index (χ1) is 6.56. The van der Waals surface area contributed by atoms with Gasteiger partial charge in [0.15, 0.2) is 0 Å². The third-order valence-corrected chi connectivity index (χ3v) is 2.23. The third-order valence-electron chi connectivity index (χ3n) is 2.23. The van der Waals surface area contributed by atoms with Crippen LogP contribution in [0.15, 0.2) is 18.2 Å². The quantitative estimate of drug-likeness (QED) is 0.552. The largest absolute Gasteiger partial charge is 0.272 e. The van der Waals surface area contributed by atoms with Gasteiger partial charge in [-0.05, 0) is 12.5 Å². The average Bonchev–Trinajstić information content (AvgIpc) is 2.17. The molecule has 0 amide bonds. The molecule has 0 spiro atoms. The fourth-order valence-electron chi connectivity index (χ4n) is 1.22. The van der Waals surface area contributed by atoms with Crippen LogP contribution in [0.2, 0.25) is 0 Å². The summed E-state index contributed by atoms with van der Waals surface area (Å²) in [5.74, 6) is -0.283. The van der Waals surface area contributed by atoms with E-state index in [2.05, 4.69) is 0 Å². The summed E-state index contributed by atoms with van der Waals surface area (Å²) in [6.45, 7) is 2.87. The molecule has 0 saturated heterocycles. The van der Waals surface area contributed by atoms with E-state index in [4.69, 9.17) is 0 Å². The predicted octanol–water partition coefficient (Wildman–Crippen LogP) is 2.98. The van der Waals surface area contributed by atoms with Crippen LogP contribution in [0.5, 0.6) is 0 Å². The number of halogens is 1. The Morgan fingerprint density at radius 1 is 1.57 bits per heavy atom. The van der Waals surface area contributed by atoms with Gasteiger partial charge in [0.05, 0.1) is 11.6 Å². The lowest BCUT2D eigenvalue weighted by Gasteiger charge is -2.07. The highest BCUT2D eigenvalue weighted by Crippen LogP contribution is 2.24. The lowest BCUT2D eigenvalue weighted by Crippen LogP contribution is -1.98. The number of nitro groups is 1. The van der Waals surface area contributed by atoms with Crippen molar-refractivity contribution in [2.24, 2.45) is 0 Å². The van der Waals surface area contributed by atoms with E-state index in [0.29, 0.717) is 11.1 Å². The maximum absolute atomic E-state index is 12.3. The number of alkyl halides is 1. The summed E-state index contributed by atoms with van der Waals surface area (Å²) in [6, 6.07) is 4.83. The van der Waals surface area contributed by atoms with Gasteiger partial charge in [-0.25, -0.2) is 0 Å². The van der Waals surface area contributed by atoms with Crippen molar-refractivity contribution in [3.63, 3.8) is 0 Å². The smallest absolute Gasteiger partial charge is 0.258 e. The molecule has 0 fully saturated rings. The molecule has 0 heterocycles. The maximum atomic E-state index is 12.3. The van der Waals surface area contributed by atoms with Crippen LogP contribution in [0.25, 0.3) is 0 Å². The van der Waals surface area contributed by atoms with Crippen molar-refractivity contribution in [1.29, 1.82) is 0 Å². The number of nitro benzene ring substituents is 1. The number of hydrogen-bond donors (Lipinski definition) is 0. The van der Waals surface area contributed by atoms with Crippen molar-refractivity contribution < 1.29 is 9.31 Å². The summed E-state index contributed by atoms with van der Waals surface area (Å²) >= 11 is 0. The van der Waals surface area contributed by atoms with Gasteiger partial charge in [-0.15, -0.1) is 0 Å². The first kappa shape index (κ1) is 10.6. The molecule has 0 saturated carbocycles. The molecule has 1 atom stereocenters. The minimum Gasteiger partial charge on any atom is -0.258 e. The van der Waals surface area contributed by atoms with Gasteiger partial charge in [-0.3, -0.25) is 14.5 Å². The van der Waals surface area contributed by atoms with Crippen LogP contribution in [0.4, 0.5) is 10.1 Å². The zero-order valence-corrected chi connectivity index (χ0v) is 8.16. The first-order valence-corrected chi connectivity index (χ1v) is 4.37. The van der Waals surface area contributed by atoms with E-state index >= 15 is 0 Å². The van der Waals surface area contributed by atoms with Gasteiger partial charge in [0, 0.05) is 17.5 Å². The molecule has 14 heavy (non-hydrogen) atoms. The van der Waals surface area contributed by atoms with Crippen LogP contribution in [-0.4, -0.2) is 11.6 Å². The fraction of sp³-hybridized carbons (Fsp3) is 0.400. The van der Waals surface area contributed by atoms with Crippen LogP contribution in [-0.2, 0) is 0 Å². The standard InChI is InChI=1S/C10H12FNO2/c1-7-3-4-9(8(2)6-11)5-10(7)12(13)14/h3-5,8H,6H2,1-2H3. The molecule has 1 aromatic carbocycles. The molecule has 0 aromatic heterocycles. The molecule has 1 rings (SSSR count). The third kappa shape index (κ3) is 2.07. The van der Waals surface area contributed by atoms with Crippen molar-refractivity contribution in [2.75, 3.05) is 6.67 Å². The van der Waals surface area contributed by atoms with Crippen LogP contribution >= 0.6 is 0 Å². The van der Waals surface area contributed by atoms with Crippen molar-refractivity contribution in [3.8, 4) is 0 Å². The van der Waals surface area contributed by atoms with Gasteiger partial charge >= 0.3 is 0 Å². The van der Waals surface area contributed by atoms with E-state index in [1.165, 1.54) is 6.07 Å². The van der Waals surface area contributed by atoms with E-state index in [0.717, 1.165) is 0 Å². The number of nitrogens with zero attached hydrogens (tertiary/aromatic N) is 1. The minimum atomic E-state index is -0.500. The summed E-state index contributed by atoms with van der Waals surface area (Å²) in [5, 5.41) is 10.6. The molecule has 0 bridgehead atoms.